The van der Waals surface area contributed by atoms with Crippen molar-refractivity contribution in [1.82, 2.24) is 20.1 Å². The van der Waals surface area contributed by atoms with Crippen molar-refractivity contribution in [1.29, 1.82) is 0 Å². The van der Waals surface area contributed by atoms with Crippen LogP contribution in [-0.2, 0) is 4.79 Å². The predicted octanol–water partition coefficient (Wildman–Crippen LogP) is 1.38. The maximum Gasteiger partial charge on any atom is 0.317 e. The van der Waals surface area contributed by atoms with Gasteiger partial charge in [0.1, 0.15) is 0 Å². The quantitative estimate of drug-likeness (QED) is 0.813. The minimum Gasteiger partial charge on any atom is -0.483 e. The Hall–Kier alpha value is -2.15. The summed E-state index contributed by atoms with van der Waals surface area (Å²) in [6.45, 7) is 6.78. The number of hydrogen-bond acceptors (Lipinski definition) is 4. The monoisotopic (exact) mass is 334 g/mol. The lowest BCUT2D eigenvalue weighted by atomic mass is 9.93. The largest absolute Gasteiger partial charge is 0.483 e. The van der Waals surface area contributed by atoms with Crippen LogP contribution in [0.4, 0.5) is 4.79 Å². The fraction of sp³-hybridized carbons (Fsp3) is 0.588. The zero-order chi connectivity index (χ0) is 17.4. The second-order valence-electron chi connectivity index (χ2n) is 6.35. The molecule has 24 heavy (non-hydrogen) atoms. The van der Waals surface area contributed by atoms with Crippen molar-refractivity contribution in [3.63, 3.8) is 0 Å². The molecule has 0 bridgehead atoms. The maximum atomic E-state index is 12.2. The number of carbonyl (C=O) groups excluding carboxylic acids is 1. The van der Waals surface area contributed by atoms with Crippen molar-refractivity contribution in [2.75, 3.05) is 32.7 Å². The van der Waals surface area contributed by atoms with Gasteiger partial charge < -0.3 is 20.2 Å². The third-order valence-electron chi connectivity index (χ3n) is 4.45. The van der Waals surface area contributed by atoms with E-state index in [-0.39, 0.29) is 18.5 Å². The van der Waals surface area contributed by atoms with Crippen LogP contribution in [0.2, 0.25) is 0 Å². The van der Waals surface area contributed by atoms with Crippen molar-refractivity contribution in [3.8, 4) is 0 Å². The van der Waals surface area contributed by atoms with Gasteiger partial charge >= 0.3 is 6.03 Å². The van der Waals surface area contributed by atoms with Gasteiger partial charge in [-0.25, -0.2) is 4.79 Å². The Balaban J connectivity index is 0.000000647. The summed E-state index contributed by atoms with van der Waals surface area (Å²) in [7, 11) is 0. The highest BCUT2D eigenvalue weighted by atomic mass is 16.3. The first-order chi connectivity index (χ1) is 11.6. The Morgan fingerprint density at radius 3 is 2.54 bits per heavy atom. The molecule has 1 unspecified atom stereocenters. The molecule has 2 amide bonds. The Labute approximate surface area is 142 Å². The molecule has 1 aromatic rings. The van der Waals surface area contributed by atoms with E-state index in [1.54, 1.807) is 0 Å². The van der Waals surface area contributed by atoms with Crippen LogP contribution >= 0.6 is 0 Å². The van der Waals surface area contributed by atoms with Crippen molar-refractivity contribution in [2.24, 2.45) is 0 Å². The summed E-state index contributed by atoms with van der Waals surface area (Å²) in [4.78, 5) is 28.9. The minimum absolute atomic E-state index is 0.0759. The van der Waals surface area contributed by atoms with Crippen molar-refractivity contribution in [3.05, 3.63) is 30.1 Å². The van der Waals surface area contributed by atoms with Crippen LogP contribution in [0, 0.1) is 0 Å². The van der Waals surface area contributed by atoms with E-state index in [9.17, 15) is 4.79 Å². The molecule has 7 nitrogen and oxygen atoms in total. The number of rotatable bonds is 4. The van der Waals surface area contributed by atoms with Gasteiger partial charge in [0.15, 0.2) is 0 Å². The molecule has 0 aliphatic carbocycles. The molecule has 7 heteroatoms. The van der Waals surface area contributed by atoms with Gasteiger partial charge in [-0.3, -0.25) is 9.78 Å². The number of urea groups is 1. The molecule has 0 spiro atoms. The molecule has 2 aliphatic rings. The molecule has 1 aromatic heterocycles. The molecule has 1 atom stereocenters. The highest BCUT2D eigenvalue weighted by molar-refractivity contribution is 5.75. The van der Waals surface area contributed by atoms with Gasteiger partial charge in [0.2, 0.25) is 0 Å². The number of hydrogen-bond donors (Lipinski definition) is 2. The van der Waals surface area contributed by atoms with E-state index in [0.29, 0.717) is 5.92 Å². The number of likely N-dealkylation sites (tertiary alicyclic amines) is 2. The lowest BCUT2D eigenvalue weighted by molar-refractivity contribution is -0.122. The Bertz CT molecular complexity index is 514. The number of aromatic nitrogens is 1. The molecule has 2 fully saturated rings. The van der Waals surface area contributed by atoms with E-state index in [1.807, 2.05) is 29.4 Å². The molecular formula is C17H26N4O3. The van der Waals surface area contributed by atoms with E-state index in [0.717, 1.165) is 19.6 Å². The number of pyridine rings is 1. The molecular weight excluding hydrogens is 308 g/mol. The zero-order valence-corrected chi connectivity index (χ0v) is 14.1. The van der Waals surface area contributed by atoms with Crippen LogP contribution in [-0.4, -0.2) is 71.2 Å². The Morgan fingerprint density at radius 2 is 1.96 bits per heavy atom. The Kier molecular flexibility index (Phi) is 6.99. The summed E-state index contributed by atoms with van der Waals surface area (Å²) >= 11 is 0. The number of nitrogens with zero attached hydrogens (tertiary/aromatic N) is 3. The van der Waals surface area contributed by atoms with Crippen molar-refractivity contribution in [2.45, 2.75) is 31.7 Å². The molecule has 3 rings (SSSR count). The van der Waals surface area contributed by atoms with E-state index >= 15 is 0 Å². The van der Waals surface area contributed by atoms with E-state index in [2.05, 4.69) is 22.1 Å². The van der Waals surface area contributed by atoms with Crippen LogP contribution < -0.4 is 5.32 Å². The highest BCUT2D eigenvalue weighted by Crippen LogP contribution is 2.26. The topological polar surface area (TPSA) is 85.8 Å². The van der Waals surface area contributed by atoms with Gasteiger partial charge in [-0.15, -0.1) is 0 Å². The molecule has 0 radical (unpaired) electrons. The summed E-state index contributed by atoms with van der Waals surface area (Å²) in [5.41, 5.74) is 1.28. The van der Waals surface area contributed by atoms with Crippen LogP contribution in [0.3, 0.4) is 0 Å². The summed E-state index contributed by atoms with van der Waals surface area (Å²) in [5, 5.41) is 10.0. The highest BCUT2D eigenvalue weighted by Gasteiger charge is 2.32. The van der Waals surface area contributed by atoms with E-state index in [4.69, 9.17) is 9.90 Å². The lowest BCUT2D eigenvalue weighted by Crippen LogP contribution is -2.55. The lowest BCUT2D eigenvalue weighted by Gasteiger charge is -2.40. The van der Waals surface area contributed by atoms with Crippen LogP contribution in [0.25, 0.3) is 0 Å². The average Bonchev–Trinajstić information content (AvgIpc) is 3.00. The zero-order valence-electron chi connectivity index (χ0n) is 14.1. The number of carbonyl (C=O) groups is 2. The smallest absolute Gasteiger partial charge is 0.317 e. The Morgan fingerprint density at radius 1 is 1.38 bits per heavy atom. The van der Waals surface area contributed by atoms with Gasteiger partial charge in [-0.1, -0.05) is 0 Å². The average molecular weight is 334 g/mol. The first-order valence-electron chi connectivity index (χ1n) is 8.39. The predicted molar refractivity (Wildman–Crippen MR) is 90.9 cm³/mol. The summed E-state index contributed by atoms with van der Waals surface area (Å²) in [5.74, 6) is 0.465. The van der Waals surface area contributed by atoms with Gasteiger partial charge in [0.05, 0.1) is 0 Å². The fourth-order valence-electron chi connectivity index (χ4n) is 3.19. The minimum atomic E-state index is -0.250. The molecule has 2 N–H and O–H groups in total. The second kappa shape index (κ2) is 9.22. The standard InChI is InChI=1S/C16H24N4O.CH2O2/c1-13(10-19-8-2-3-9-19)18-16(21)20-11-15(12-20)14-4-6-17-7-5-14;2-1-3/h4-7,13,15H,2-3,8-12H2,1H3,(H,18,21);1H,(H,2,3). The van der Waals surface area contributed by atoms with Crippen molar-refractivity contribution < 1.29 is 14.7 Å². The third kappa shape index (κ3) is 5.19. The number of amides is 2. The first-order valence-corrected chi connectivity index (χ1v) is 8.39. The van der Waals surface area contributed by atoms with Gasteiger partial charge in [0.25, 0.3) is 6.47 Å². The number of nitrogens with one attached hydrogen (secondary N) is 1. The molecule has 0 aromatic carbocycles. The van der Waals surface area contributed by atoms with Crippen LogP contribution in [0.5, 0.6) is 0 Å². The van der Waals surface area contributed by atoms with Crippen LogP contribution in [0.1, 0.15) is 31.2 Å². The second-order valence-corrected chi connectivity index (χ2v) is 6.35. The SMILES string of the molecule is CC(CN1CCCC1)NC(=O)N1CC(c2ccncc2)C1.O=CO. The summed E-state index contributed by atoms with van der Waals surface area (Å²) < 4.78 is 0. The molecule has 0 saturated carbocycles. The molecule has 2 saturated heterocycles. The summed E-state index contributed by atoms with van der Waals surface area (Å²) in [6.07, 6.45) is 6.22. The maximum absolute atomic E-state index is 12.2. The molecule has 2 aliphatic heterocycles. The van der Waals surface area contributed by atoms with E-state index < -0.39 is 0 Å². The molecule has 132 valence electrons. The van der Waals surface area contributed by atoms with Crippen LogP contribution in [0.15, 0.2) is 24.5 Å². The van der Waals surface area contributed by atoms with E-state index in [1.165, 1.54) is 31.5 Å². The van der Waals surface area contributed by atoms with Gasteiger partial charge in [-0.2, -0.15) is 0 Å². The molecule has 3 heterocycles. The summed E-state index contributed by atoms with van der Waals surface area (Å²) in [6, 6.07) is 4.37. The van der Waals surface area contributed by atoms with Crippen molar-refractivity contribution >= 4 is 12.5 Å². The number of carboxylic acid groups (broad SMARTS) is 1. The first kappa shape index (κ1) is 18.2. The third-order valence-corrected chi connectivity index (χ3v) is 4.45. The normalized spacial score (nSPS) is 19.0. The van der Waals surface area contributed by atoms with Gasteiger partial charge in [-0.05, 0) is 50.6 Å². The fourth-order valence-corrected chi connectivity index (χ4v) is 3.19. The van der Waals surface area contributed by atoms with Gasteiger partial charge in [0, 0.05) is 44.0 Å².